The molecular formula is C9H15N3O2. The van der Waals surface area contributed by atoms with Gasteiger partial charge in [-0.2, -0.15) is 5.10 Å². The first kappa shape index (κ1) is 10.7. The lowest BCUT2D eigenvalue weighted by molar-refractivity contribution is -0.141. The van der Waals surface area contributed by atoms with Gasteiger partial charge >= 0.3 is 5.97 Å². The SMILES string of the molecule is CCc1nc(C(C)C(C)C(=O)O)n[nH]1. The standard InChI is InChI=1S/C9H15N3O2/c1-4-7-10-8(12-11-7)5(2)6(3)9(13)14/h5-6H,4H2,1-3H3,(H,13,14)(H,10,11,12). The Hall–Kier alpha value is -1.39. The quantitative estimate of drug-likeness (QED) is 0.759. The number of H-pyrrole nitrogens is 1. The van der Waals surface area contributed by atoms with Gasteiger partial charge in [0, 0.05) is 12.3 Å². The molecule has 78 valence electrons. The van der Waals surface area contributed by atoms with E-state index in [1.165, 1.54) is 0 Å². The molecule has 0 radical (unpaired) electrons. The normalized spacial score (nSPS) is 15.1. The summed E-state index contributed by atoms with van der Waals surface area (Å²) in [4.78, 5) is 14.9. The van der Waals surface area contributed by atoms with Gasteiger partial charge in [-0.15, -0.1) is 0 Å². The van der Waals surface area contributed by atoms with E-state index in [9.17, 15) is 4.79 Å². The van der Waals surface area contributed by atoms with E-state index >= 15 is 0 Å². The molecule has 0 aliphatic heterocycles. The number of hydrogen-bond donors (Lipinski definition) is 2. The van der Waals surface area contributed by atoms with Gasteiger partial charge in [-0.25, -0.2) is 4.98 Å². The van der Waals surface area contributed by atoms with Crippen LogP contribution in [0.4, 0.5) is 0 Å². The Morgan fingerprint density at radius 1 is 1.57 bits per heavy atom. The molecule has 0 aliphatic carbocycles. The van der Waals surface area contributed by atoms with E-state index < -0.39 is 11.9 Å². The number of nitrogens with zero attached hydrogens (tertiary/aromatic N) is 2. The molecule has 0 amide bonds. The molecule has 14 heavy (non-hydrogen) atoms. The van der Waals surface area contributed by atoms with Crippen molar-refractivity contribution < 1.29 is 9.90 Å². The van der Waals surface area contributed by atoms with Crippen molar-refractivity contribution in [3.05, 3.63) is 11.6 Å². The van der Waals surface area contributed by atoms with Gasteiger partial charge in [-0.05, 0) is 0 Å². The third-order valence-corrected chi connectivity index (χ3v) is 2.43. The Morgan fingerprint density at radius 2 is 2.21 bits per heavy atom. The molecule has 5 heteroatoms. The smallest absolute Gasteiger partial charge is 0.306 e. The number of nitrogens with one attached hydrogen (secondary N) is 1. The lowest BCUT2D eigenvalue weighted by Crippen LogP contribution is -2.17. The number of aliphatic carboxylic acids is 1. The van der Waals surface area contributed by atoms with Crippen LogP contribution in [0.5, 0.6) is 0 Å². The van der Waals surface area contributed by atoms with Crippen molar-refractivity contribution in [1.82, 2.24) is 15.2 Å². The lowest BCUT2D eigenvalue weighted by Gasteiger charge is -2.11. The molecule has 0 saturated heterocycles. The minimum atomic E-state index is -0.819. The van der Waals surface area contributed by atoms with Crippen molar-refractivity contribution in [1.29, 1.82) is 0 Å². The van der Waals surface area contributed by atoms with Crippen molar-refractivity contribution in [2.24, 2.45) is 5.92 Å². The Bertz CT molecular complexity index is 322. The molecule has 1 rings (SSSR count). The van der Waals surface area contributed by atoms with Crippen LogP contribution < -0.4 is 0 Å². The van der Waals surface area contributed by atoms with E-state index in [0.29, 0.717) is 5.82 Å². The Labute approximate surface area is 82.6 Å². The van der Waals surface area contributed by atoms with Gasteiger partial charge in [0.05, 0.1) is 5.92 Å². The van der Waals surface area contributed by atoms with Crippen molar-refractivity contribution in [2.45, 2.75) is 33.1 Å². The summed E-state index contributed by atoms with van der Waals surface area (Å²) < 4.78 is 0. The van der Waals surface area contributed by atoms with Gasteiger partial charge in [-0.3, -0.25) is 9.89 Å². The van der Waals surface area contributed by atoms with Crippen LogP contribution in [0.25, 0.3) is 0 Å². The molecule has 1 aromatic heterocycles. The second-order valence-electron chi connectivity index (χ2n) is 3.41. The van der Waals surface area contributed by atoms with Crippen molar-refractivity contribution in [3.8, 4) is 0 Å². The Balaban J connectivity index is 2.78. The molecular weight excluding hydrogens is 182 g/mol. The monoisotopic (exact) mass is 197 g/mol. The molecule has 0 aliphatic rings. The van der Waals surface area contributed by atoms with Gasteiger partial charge < -0.3 is 5.11 Å². The first-order chi connectivity index (χ1) is 6.56. The summed E-state index contributed by atoms with van der Waals surface area (Å²) in [5.74, 6) is -0.0684. The van der Waals surface area contributed by atoms with Gasteiger partial charge in [0.25, 0.3) is 0 Å². The molecule has 0 aromatic carbocycles. The fraction of sp³-hybridized carbons (Fsp3) is 0.667. The largest absolute Gasteiger partial charge is 0.481 e. The lowest BCUT2D eigenvalue weighted by atomic mass is 9.96. The zero-order chi connectivity index (χ0) is 10.7. The van der Waals surface area contributed by atoms with Crippen molar-refractivity contribution in [2.75, 3.05) is 0 Å². The molecule has 1 aromatic rings. The Kier molecular flexibility index (Phi) is 3.22. The van der Waals surface area contributed by atoms with Crippen LogP contribution in [0.2, 0.25) is 0 Å². The fourth-order valence-corrected chi connectivity index (χ4v) is 1.11. The summed E-state index contributed by atoms with van der Waals surface area (Å²) in [6, 6.07) is 0. The molecule has 0 bridgehead atoms. The summed E-state index contributed by atoms with van der Waals surface area (Å²) in [5.41, 5.74) is 0. The van der Waals surface area contributed by atoms with Crippen LogP contribution in [0.3, 0.4) is 0 Å². The molecule has 0 saturated carbocycles. The average molecular weight is 197 g/mol. The zero-order valence-corrected chi connectivity index (χ0v) is 8.61. The first-order valence-electron chi connectivity index (χ1n) is 4.70. The van der Waals surface area contributed by atoms with E-state index in [2.05, 4.69) is 15.2 Å². The van der Waals surface area contributed by atoms with E-state index in [1.54, 1.807) is 6.92 Å². The van der Waals surface area contributed by atoms with Gasteiger partial charge in [0.2, 0.25) is 0 Å². The minimum Gasteiger partial charge on any atom is -0.481 e. The maximum Gasteiger partial charge on any atom is 0.306 e. The van der Waals surface area contributed by atoms with Gasteiger partial charge in [-0.1, -0.05) is 20.8 Å². The minimum absolute atomic E-state index is 0.163. The summed E-state index contributed by atoms with van der Waals surface area (Å²) in [6.07, 6.45) is 0.779. The molecule has 5 nitrogen and oxygen atoms in total. The molecule has 2 unspecified atom stereocenters. The van der Waals surface area contributed by atoms with Gasteiger partial charge in [0.1, 0.15) is 5.82 Å². The number of aromatic nitrogens is 3. The highest BCUT2D eigenvalue weighted by Crippen LogP contribution is 2.20. The zero-order valence-electron chi connectivity index (χ0n) is 8.61. The second kappa shape index (κ2) is 4.21. The number of carboxylic acids is 1. The summed E-state index contributed by atoms with van der Waals surface area (Å²) in [5, 5.41) is 15.6. The number of carbonyl (C=O) groups is 1. The summed E-state index contributed by atoms with van der Waals surface area (Å²) >= 11 is 0. The average Bonchev–Trinajstić information content (AvgIpc) is 2.63. The van der Waals surface area contributed by atoms with Crippen LogP contribution >= 0.6 is 0 Å². The van der Waals surface area contributed by atoms with E-state index in [4.69, 9.17) is 5.11 Å². The fourth-order valence-electron chi connectivity index (χ4n) is 1.11. The predicted octanol–water partition coefficient (Wildman–Crippen LogP) is 1.19. The van der Waals surface area contributed by atoms with Crippen LogP contribution in [0.1, 0.15) is 38.3 Å². The number of aromatic amines is 1. The number of rotatable bonds is 4. The molecule has 1 heterocycles. The van der Waals surface area contributed by atoms with Crippen LogP contribution in [-0.4, -0.2) is 26.3 Å². The van der Waals surface area contributed by atoms with Crippen LogP contribution in [0.15, 0.2) is 0 Å². The highest BCUT2D eigenvalue weighted by atomic mass is 16.4. The second-order valence-corrected chi connectivity index (χ2v) is 3.41. The molecule has 0 fully saturated rings. The van der Waals surface area contributed by atoms with E-state index in [0.717, 1.165) is 12.2 Å². The summed E-state index contributed by atoms with van der Waals surface area (Å²) in [6.45, 7) is 5.45. The topological polar surface area (TPSA) is 78.9 Å². The Morgan fingerprint density at radius 3 is 2.64 bits per heavy atom. The van der Waals surface area contributed by atoms with E-state index in [1.807, 2.05) is 13.8 Å². The number of hydrogen-bond acceptors (Lipinski definition) is 3. The molecule has 2 atom stereocenters. The highest BCUT2D eigenvalue weighted by Gasteiger charge is 2.23. The third-order valence-electron chi connectivity index (χ3n) is 2.43. The first-order valence-corrected chi connectivity index (χ1v) is 4.70. The van der Waals surface area contributed by atoms with Crippen LogP contribution in [-0.2, 0) is 11.2 Å². The van der Waals surface area contributed by atoms with E-state index in [-0.39, 0.29) is 5.92 Å². The molecule has 2 N–H and O–H groups in total. The third kappa shape index (κ3) is 2.10. The highest BCUT2D eigenvalue weighted by molar-refractivity contribution is 5.70. The maximum absolute atomic E-state index is 10.7. The predicted molar refractivity (Wildman–Crippen MR) is 51.0 cm³/mol. The van der Waals surface area contributed by atoms with Crippen molar-refractivity contribution >= 4 is 5.97 Å². The number of carboxylic acid groups (broad SMARTS) is 1. The maximum atomic E-state index is 10.7. The van der Waals surface area contributed by atoms with Crippen LogP contribution in [0, 0.1) is 5.92 Å². The molecule has 0 spiro atoms. The van der Waals surface area contributed by atoms with Gasteiger partial charge in [0.15, 0.2) is 5.82 Å². The summed E-state index contributed by atoms with van der Waals surface area (Å²) in [7, 11) is 0. The number of aryl methyl sites for hydroxylation is 1. The van der Waals surface area contributed by atoms with Crippen molar-refractivity contribution in [3.63, 3.8) is 0 Å².